The first-order valence-corrected chi connectivity index (χ1v) is 15.2. The first-order chi connectivity index (χ1) is 22.7. The molecule has 2 aliphatic rings. The van der Waals surface area contributed by atoms with Crippen molar-refractivity contribution in [2.75, 3.05) is 55.4 Å². The van der Waals surface area contributed by atoms with E-state index in [-0.39, 0.29) is 41.9 Å². The normalized spacial score (nSPS) is 20.2. The molecule has 2 aromatic carbocycles. The summed E-state index contributed by atoms with van der Waals surface area (Å²) in [6, 6.07) is 13.1. The Morgan fingerprint density at radius 3 is 2.47 bits per heavy atom. The molecule has 2 fully saturated rings. The highest BCUT2D eigenvalue weighted by atomic mass is 16.5. The van der Waals surface area contributed by atoms with Crippen LogP contribution < -0.4 is 21.1 Å². The summed E-state index contributed by atoms with van der Waals surface area (Å²) in [5.74, 6) is 0.381. The van der Waals surface area contributed by atoms with Gasteiger partial charge >= 0.3 is 0 Å². The molecule has 2 saturated heterocycles. The zero-order valence-electron chi connectivity index (χ0n) is 25.8. The molecule has 5 heterocycles. The Bertz CT molecular complexity index is 1960. The van der Waals surface area contributed by atoms with E-state index in [0.717, 1.165) is 37.4 Å². The number of ether oxygens (including phenoxy) is 1. The third kappa shape index (κ3) is 6.18. The largest absolute Gasteiger partial charge is 0.416 e. The maximum atomic E-state index is 13.0. The Kier molecular flexibility index (Phi) is 8.15. The molecule has 244 valence electrons. The first-order valence-electron chi connectivity index (χ1n) is 15.2. The van der Waals surface area contributed by atoms with Gasteiger partial charge in [0.25, 0.3) is 5.56 Å². The Balaban J connectivity index is 1.16. The van der Waals surface area contributed by atoms with Gasteiger partial charge in [-0.1, -0.05) is 0 Å². The topological polar surface area (TPSA) is 200 Å². The standard InChI is InChI=1S/C31H34N10O6/c1-17(43)33-21-8-5-19(30-38-37-29(47-30)18-3-6-20(7-4-18)40-11-9-39(2)10-12-40)13-22(21)34-31-35-27-26(28(45)36-31)32-16-41(27)25-14-23(44)24(15-42)46-25/h3-8,13,16,23-25,42,44H,9-12,14-15H2,1-2H3,(H,33,43)(H2,34,35,36,45)/t23-,24-,25-/m1/s1. The van der Waals surface area contributed by atoms with Crippen molar-refractivity contribution >= 4 is 40.1 Å². The fourth-order valence-corrected chi connectivity index (χ4v) is 5.79. The van der Waals surface area contributed by atoms with Gasteiger partial charge in [0.1, 0.15) is 12.3 Å². The number of nitrogens with one attached hydrogen (secondary N) is 3. The molecule has 3 aromatic heterocycles. The van der Waals surface area contributed by atoms with Gasteiger partial charge < -0.3 is 39.8 Å². The number of carbonyl (C=O) groups excluding carboxylic acids is 1. The van der Waals surface area contributed by atoms with E-state index in [1.807, 2.05) is 12.1 Å². The number of anilines is 4. The lowest BCUT2D eigenvalue weighted by Gasteiger charge is -2.34. The second kappa shape index (κ2) is 12.6. The number of hydrogen-bond acceptors (Lipinski definition) is 13. The summed E-state index contributed by atoms with van der Waals surface area (Å²) in [6.45, 7) is 5.01. The van der Waals surface area contributed by atoms with E-state index in [0.29, 0.717) is 22.8 Å². The smallest absolute Gasteiger partial charge is 0.280 e. The number of carbonyl (C=O) groups is 1. The third-order valence-electron chi connectivity index (χ3n) is 8.36. The van der Waals surface area contributed by atoms with Crippen LogP contribution in [0.4, 0.5) is 23.0 Å². The van der Waals surface area contributed by atoms with E-state index in [4.69, 9.17) is 9.15 Å². The van der Waals surface area contributed by atoms with Crippen LogP contribution in [0.1, 0.15) is 19.6 Å². The van der Waals surface area contributed by atoms with Crippen molar-refractivity contribution < 1.29 is 24.2 Å². The summed E-state index contributed by atoms with van der Waals surface area (Å²) in [6.07, 6.45) is -0.718. The van der Waals surface area contributed by atoms with Gasteiger partial charge in [0.2, 0.25) is 23.6 Å². The number of aromatic amines is 1. The minimum Gasteiger partial charge on any atom is -0.416 e. The predicted octanol–water partition coefficient (Wildman–Crippen LogP) is 1.93. The number of H-pyrrole nitrogens is 1. The highest BCUT2D eigenvalue weighted by Crippen LogP contribution is 2.33. The van der Waals surface area contributed by atoms with Crippen LogP contribution >= 0.6 is 0 Å². The van der Waals surface area contributed by atoms with Crippen molar-refractivity contribution in [3.05, 3.63) is 59.1 Å². The maximum Gasteiger partial charge on any atom is 0.280 e. The number of aromatic nitrogens is 6. The van der Waals surface area contributed by atoms with Gasteiger partial charge in [-0.15, -0.1) is 10.2 Å². The van der Waals surface area contributed by atoms with Crippen LogP contribution in [0.15, 0.2) is 58.0 Å². The first kappa shape index (κ1) is 30.5. The van der Waals surface area contributed by atoms with Crippen LogP contribution in [0.5, 0.6) is 0 Å². The summed E-state index contributed by atoms with van der Waals surface area (Å²) >= 11 is 0. The zero-order valence-corrected chi connectivity index (χ0v) is 25.8. The Morgan fingerprint density at radius 2 is 1.77 bits per heavy atom. The Labute approximate surface area is 268 Å². The number of imidazole rings is 1. The van der Waals surface area contributed by atoms with E-state index in [2.05, 4.69) is 64.8 Å². The van der Waals surface area contributed by atoms with E-state index >= 15 is 0 Å². The molecule has 0 radical (unpaired) electrons. The lowest BCUT2D eigenvalue weighted by molar-refractivity contribution is -0.114. The van der Waals surface area contributed by atoms with Crippen molar-refractivity contribution in [1.29, 1.82) is 0 Å². The van der Waals surface area contributed by atoms with Crippen LogP contribution in [0.2, 0.25) is 0 Å². The summed E-state index contributed by atoms with van der Waals surface area (Å²) in [7, 11) is 2.13. The zero-order chi connectivity index (χ0) is 32.7. The van der Waals surface area contributed by atoms with E-state index in [1.165, 1.54) is 17.8 Å². The molecular weight excluding hydrogens is 608 g/mol. The molecule has 16 nitrogen and oxygen atoms in total. The minimum atomic E-state index is -0.878. The highest BCUT2D eigenvalue weighted by molar-refractivity contribution is 5.94. The molecule has 0 bridgehead atoms. The van der Waals surface area contributed by atoms with Crippen molar-refractivity contribution in [3.8, 4) is 22.9 Å². The van der Waals surface area contributed by atoms with Crippen molar-refractivity contribution in [2.45, 2.75) is 31.8 Å². The summed E-state index contributed by atoms with van der Waals surface area (Å²) in [5.41, 5.74) is 3.08. The molecule has 0 aliphatic carbocycles. The van der Waals surface area contributed by atoms with Crippen LogP contribution in [0.3, 0.4) is 0 Å². The van der Waals surface area contributed by atoms with Crippen LogP contribution in [-0.2, 0) is 9.53 Å². The van der Waals surface area contributed by atoms with Gasteiger partial charge in [0, 0.05) is 56.3 Å². The summed E-state index contributed by atoms with van der Waals surface area (Å²) in [4.78, 5) is 41.0. The molecule has 47 heavy (non-hydrogen) atoms. The fourth-order valence-electron chi connectivity index (χ4n) is 5.79. The van der Waals surface area contributed by atoms with Gasteiger partial charge in [-0.05, 0) is 49.5 Å². The summed E-state index contributed by atoms with van der Waals surface area (Å²) < 4.78 is 13.3. The molecule has 3 atom stereocenters. The van der Waals surface area contributed by atoms with Crippen LogP contribution in [-0.4, -0.2) is 103 Å². The SMILES string of the molecule is CC(=O)Nc1ccc(-c2nnc(-c3ccc(N4CCN(C)CC4)cc3)o2)cc1Nc1nc2c(ncn2[C@H]2C[C@@H](O)[C@@H](CO)O2)c(=O)[nH]1. The van der Waals surface area contributed by atoms with E-state index in [1.54, 1.807) is 18.2 Å². The van der Waals surface area contributed by atoms with Gasteiger partial charge in [-0.25, -0.2) is 4.98 Å². The van der Waals surface area contributed by atoms with Crippen molar-refractivity contribution in [3.63, 3.8) is 0 Å². The third-order valence-corrected chi connectivity index (χ3v) is 8.36. The molecular formula is C31H34N10O6. The van der Waals surface area contributed by atoms with Crippen molar-refractivity contribution in [2.24, 2.45) is 0 Å². The molecule has 0 unspecified atom stereocenters. The number of amides is 1. The van der Waals surface area contributed by atoms with Crippen molar-refractivity contribution in [1.82, 2.24) is 34.6 Å². The lowest BCUT2D eigenvalue weighted by atomic mass is 10.1. The Hall–Kier alpha value is -5.16. The molecule has 5 aromatic rings. The van der Waals surface area contributed by atoms with E-state index < -0.39 is 24.0 Å². The number of rotatable bonds is 8. The summed E-state index contributed by atoms with van der Waals surface area (Å²) in [5, 5.41) is 34.1. The highest BCUT2D eigenvalue weighted by Gasteiger charge is 2.35. The maximum absolute atomic E-state index is 13.0. The number of fused-ring (bicyclic) bond motifs is 1. The molecule has 2 aliphatic heterocycles. The second-order valence-corrected chi connectivity index (χ2v) is 11.7. The average molecular weight is 643 g/mol. The van der Waals surface area contributed by atoms with Gasteiger partial charge in [0.15, 0.2) is 11.2 Å². The molecule has 1 amide bonds. The minimum absolute atomic E-state index is 0.0666. The van der Waals surface area contributed by atoms with Gasteiger partial charge in [-0.3, -0.25) is 19.1 Å². The monoisotopic (exact) mass is 642 g/mol. The molecule has 5 N–H and O–H groups in total. The van der Waals surface area contributed by atoms with E-state index in [9.17, 15) is 19.8 Å². The van der Waals surface area contributed by atoms with Crippen LogP contribution in [0.25, 0.3) is 34.1 Å². The van der Waals surface area contributed by atoms with Crippen LogP contribution in [0, 0.1) is 0 Å². The number of likely N-dealkylation sites (N-methyl/N-ethyl adjacent to an activating group) is 1. The molecule has 16 heteroatoms. The van der Waals surface area contributed by atoms with Gasteiger partial charge in [-0.2, -0.15) is 4.98 Å². The average Bonchev–Trinajstić information content (AvgIpc) is 3.81. The fraction of sp³-hybridized carbons (Fsp3) is 0.355. The molecule has 7 rings (SSSR count). The quantitative estimate of drug-likeness (QED) is 0.165. The predicted molar refractivity (Wildman–Crippen MR) is 172 cm³/mol. The van der Waals surface area contributed by atoms with Gasteiger partial charge in [0.05, 0.1) is 30.4 Å². The number of nitrogens with zero attached hydrogens (tertiary/aromatic N) is 7. The number of piperazine rings is 1. The number of aliphatic hydroxyl groups is 2. The lowest BCUT2D eigenvalue weighted by Crippen LogP contribution is -2.44. The number of hydrogen-bond donors (Lipinski definition) is 5. The Morgan fingerprint density at radius 1 is 1.04 bits per heavy atom. The number of aliphatic hydroxyl groups excluding tert-OH is 2. The molecule has 0 saturated carbocycles. The molecule has 0 spiro atoms. The second-order valence-electron chi connectivity index (χ2n) is 11.7. The number of benzene rings is 2.